The largest absolute Gasteiger partial charge is 0.434 e. The number of nitrogens with two attached hydrogens (primary N) is 1. The monoisotopic (exact) mass is 574 g/mol. The fraction of sp³-hybridized carbons (Fsp3) is 0.233. The molecule has 9 nitrogen and oxygen atoms in total. The Kier molecular flexibility index (Phi) is 8.42. The van der Waals surface area contributed by atoms with Gasteiger partial charge in [-0.25, -0.2) is 14.4 Å². The number of nitriles is 1. The van der Waals surface area contributed by atoms with Gasteiger partial charge >= 0.3 is 6.61 Å². The number of ketones is 1. The number of hydrogen-bond donors (Lipinski definition) is 2. The number of rotatable bonds is 9. The minimum absolute atomic E-state index is 0.0582. The first-order valence-corrected chi connectivity index (χ1v) is 13.0. The summed E-state index contributed by atoms with van der Waals surface area (Å²) in [5.41, 5.74) is 8.74. The number of alkyl halides is 2. The summed E-state index contributed by atoms with van der Waals surface area (Å²) in [7, 11) is 0. The van der Waals surface area contributed by atoms with E-state index in [1.54, 1.807) is 24.4 Å². The molecule has 0 aliphatic carbocycles. The van der Waals surface area contributed by atoms with Gasteiger partial charge in [-0.15, -0.1) is 0 Å². The predicted molar refractivity (Wildman–Crippen MR) is 147 cm³/mol. The summed E-state index contributed by atoms with van der Waals surface area (Å²) in [6.07, 6.45) is 4.76. The van der Waals surface area contributed by atoms with E-state index in [0.29, 0.717) is 40.9 Å². The van der Waals surface area contributed by atoms with Gasteiger partial charge in [-0.3, -0.25) is 9.78 Å². The number of hydrogen-bond acceptors (Lipinski definition) is 9. The van der Waals surface area contributed by atoms with Crippen LogP contribution in [0, 0.1) is 17.1 Å². The first-order valence-electron chi connectivity index (χ1n) is 13.0. The molecule has 4 aromatic rings. The van der Waals surface area contributed by atoms with Crippen LogP contribution in [0.25, 0.3) is 22.5 Å². The van der Waals surface area contributed by atoms with Crippen molar-refractivity contribution in [3.63, 3.8) is 0 Å². The third-order valence-corrected chi connectivity index (χ3v) is 7.01. The highest BCUT2D eigenvalue weighted by molar-refractivity contribution is 5.97. The van der Waals surface area contributed by atoms with Crippen LogP contribution in [0.2, 0.25) is 0 Å². The molecule has 214 valence electrons. The summed E-state index contributed by atoms with van der Waals surface area (Å²) in [5, 5.41) is 19.6. The minimum Gasteiger partial charge on any atom is -0.434 e. The smallest absolute Gasteiger partial charge is 0.387 e. The maximum absolute atomic E-state index is 14.7. The van der Waals surface area contributed by atoms with Crippen LogP contribution in [0.1, 0.15) is 28.0 Å². The Labute approximate surface area is 239 Å². The number of benzene rings is 2. The zero-order valence-corrected chi connectivity index (χ0v) is 22.1. The topological polar surface area (TPSA) is 138 Å². The fourth-order valence-electron chi connectivity index (χ4n) is 5.10. The summed E-state index contributed by atoms with van der Waals surface area (Å²) in [5.74, 6) is -2.07. The molecular formula is C30H25F3N6O3. The molecule has 2 aromatic carbocycles. The van der Waals surface area contributed by atoms with Crippen molar-refractivity contribution in [2.75, 3.05) is 18.1 Å². The van der Waals surface area contributed by atoms with Crippen LogP contribution in [-0.2, 0) is 6.42 Å². The van der Waals surface area contributed by atoms with E-state index in [0.717, 1.165) is 12.1 Å². The quantitative estimate of drug-likeness (QED) is 0.283. The number of anilines is 1. The molecule has 3 N–H and O–H groups in total. The lowest BCUT2D eigenvalue weighted by Gasteiger charge is -2.28. The van der Waals surface area contributed by atoms with E-state index in [4.69, 9.17) is 5.73 Å². The van der Waals surface area contributed by atoms with Crippen LogP contribution in [-0.4, -0.2) is 57.7 Å². The standard InChI is InChI=1S/C30H25F3N6O3/c31-23-2-1-3-27(42-30(32)33)28(23)29-37-9-7-24(38-29)26(41)11-18-5-4-17(22-14-36-8-6-19(22)13-34)10-25(18)39-15-20(35)12-21(39)16-40/h1-10,14,20-21,30,40H,11-12,15-16,35H2/t20-,21-/m0/s1. The zero-order chi connectivity index (χ0) is 29.8. The highest BCUT2D eigenvalue weighted by Gasteiger charge is 2.32. The Balaban J connectivity index is 1.52. The molecule has 12 heteroatoms. The number of carbonyl (C=O) groups is 1. The van der Waals surface area contributed by atoms with E-state index < -0.39 is 24.0 Å². The van der Waals surface area contributed by atoms with Crippen LogP contribution in [0.5, 0.6) is 5.75 Å². The number of aromatic nitrogens is 3. The second-order valence-corrected chi connectivity index (χ2v) is 9.72. The number of nitrogens with zero attached hydrogens (tertiary/aromatic N) is 5. The molecule has 3 heterocycles. The van der Waals surface area contributed by atoms with Gasteiger partial charge in [-0.1, -0.05) is 18.2 Å². The molecule has 0 unspecified atom stereocenters. The zero-order valence-electron chi connectivity index (χ0n) is 22.1. The number of halogens is 3. The third-order valence-electron chi connectivity index (χ3n) is 7.01. The molecule has 2 aromatic heterocycles. The van der Waals surface area contributed by atoms with E-state index in [2.05, 4.69) is 25.8 Å². The molecule has 0 radical (unpaired) electrons. The van der Waals surface area contributed by atoms with Gasteiger partial charge in [0, 0.05) is 48.8 Å². The van der Waals surface area contributed by atoms with E-state index >= 15 is 0 Å². The number of Topliss-reactive ketones (excluding diaryl/α,β-unsaturated/α-hetero) is 1. The van der Waals surface area contributed by atoms with E-state index in [9.17, 15) is 28.3 Å². The summed E-state index contributed by atoms with van der Waals surface area (Å²) < 4.78 is 45.0. The van der Waals surface area contributed by atoms with Gasteiger partial charge in [0.1, 0.15) is 17.3 Å². The maximum Gasteiger partial charge on any atom is 0.387 e. The van der Waals surface area contributed by atoms with Crippen LogP contribution in [0.4, 0.5) is 18.9 Å². The van der Waals surface area contributed by atoms with Gasteiger partial charge < -0.3 is 20.5 Å². The van der Waals surface area contributed by atoms with E-state index in [1.807, 2.05) is 11.0 Å². The van der Waals surface area contributed by atoms with Crippen LogP contribution in [0.15, 0.2) is 67.1 Å². The number of carbonyl (C=O) groups excluding carboxylic acids is 1. The average Bonchev–Trinajstić information content (AvgIpc) is 3.37. The molecule has 1 fully saturated rings. The van der Waals surface area contributed by atoms with Gasteiger partial charge in [0.05, 0.1) is 29.8 Å². The van der Waals surface area contributed by atoms with Crippen molar-refractivity contribution in [1.82, 2.24) is 15.0 Å². The van der Waals surface area contributed by atoms with Gasteiger partial charge in [0.2, 0.25) is 0 Å². The average molecular weight is 575 g/mol. The van der Waals surface area contributed by atoms with Crippen molar-refractivity contribution in [2.24, 2.45) is 5.73 Å². The summed E-state index contributed by atoms with van der Waals surface area (Å²) in [6.45, 7) is -2.91. The number of aliphatic hydroxyl groups excluding tert-OH is 1. The molecule has 1 aliphatic rings. The van der Waals surface area contributed by atoms with E-state index in [1.165, 1.54) is 24.5 Å². The summed E-state index contributed by atoms with van der Waals surface area (Å²) >= 11 is 0. The lowest BCUT2D eigenvalue weighted by Crippen LogP contribution is -2.34. The second-order valence-electron chi connectivity index (χ2n) is 9.72. The van der Waals surface area contributed by atoms with Crippen molar-refractivity contribution in [3.05, 3.63) is 89.8 Å². The maximum atomic E-state index is 14.7. The molecule has 5 rings (SSSR count). The molecule has 2 atom stereocenters. The van der Waals surface area contributed by atoms with Crippen molar-refractivity contribution in [2.45, 2.75) is 31.5 Å². The molecule has 42 heavy (non-hydrogen) atoms. The first kappa shape index (κ1) is 28.7. The fourth-order valence-corrected chi connectivity index (χ4v) is 5.10. The molecule has 1 saturated heterocycles. The molecule has 0 saturated carbocycles. The van der Waals surface area contributed by atoms with Gasteiger partial charge in [0.25, 0.3) is 0 Å². The summed E-state index contributed by atoms with van der Waals surface area (Å²) in [4.78, 5) is 27.8. The van der Waals surface area contributed by atoms with Crippen LogP contribution in [0.3, 0.4) is 0 Å². The van der Waals surface area contributed by atoms with Gasteiger partial charge in [-0.05, 0) is 47.9 Å². The lowest BCUT2D eigenvalue weighted by atomic mass is 9.96. The van der Waals surface area contributed by atoms with Crippen molar-refractivity contribution in [3.8, 4) is 34.3 Å². The molecule has 1 aliphatic heterocycles. The molecule has 0 amide bonds. The third kappa shape index (κ3) is 5.93. The first-order chi connectivity index (χ1) is 20.3. The predicted octanol–water partition coefficient (Wildman–Crippen LogP) is 4.14. The Morgan fingerprint density at radius 1 is 1.21 bits per heavy atom. The van der Waals surface area contributed by atoms with Crippen LogP contribution >= 0.6 is 0 Å². The lowest BCUT2D eigenvalue weighted by molar-refractivity contribution is -0.0496. The van der Waals surface area contributed by atoms with Crippen molar-refractivity contribution in [1.29, 1.82) is 5.26 Å². The Morgan fingerprint density at radius 2 is 2.05 bits per heavy atom. The number of ether oxygens (including phenoxy) is 1. The number of pyridine rings is 1. The van der Waals surface area contributed by atoms with Crippen molar-refractivity contribution >= 4 is 11.5 Å². The Morgan fingerprint density at radius 3 is 2.81 bits per heavy atom. The Bertz CT molecular complexity index is 1660. The number of aliphatic hydroxyl groups is 1. The van der Waals surface area contributed by atoms with E-state index in [-0.39, 0.29) is 42.2 Å². The van der Waals surface area contributed by atoms with Crippen molar-refractivity contribution < 1.29 is 27.8 Å². The summed E-state index contributed by atoms with van der Waals surface area (Å²) in [6, 6.07) is 13.4. The Hall–Kier alpha value is -4.86. The minimum atomic E-state index is -3.20. The normalized spacial score (nSPS) is 16.5. The van der Waals surface area contributed by atoms with Crippen LogP contribution < -0.4 is 15.4 Å². The SMILES string of the molecule is N#Cc1ccncc1-c1ccc(CC(=O)c2ccnc(-c3c(F)cccc3OC(F)F)n2)c(N2C[C@@H](N)C[C@H]2CO)c1. The highest BCUT2D eigenvalue weighted by Crippen LogP contribution is 2.35. The second kappa shape index (κ2) is 12.3. The molecular weight excluding hydrogens is 549 g/mol. The van der Waals surface area contributed by atoms with Gasteiger partial charge in [-0.2, -0.15) is 14.0 Å². The highest BCUT2D eigenvalue weighted by atomic mass is 19.3. The molecule has 0 bridgehead atoms. The molecule has 0 spiro atoms. The van der Waals surface area contributed by atoms with Gasteiger partial charge in [0.15, 0.2) is 11.6 Å².